The molecule has 2 atom stereocenters. The molecule has 148 valence electrons. The number of likely N-dealkylation sites (tertiary alicyclic amines) is 1. The van der Waals surface area contributed by atoms with Crippen molar-refractivity contribution >= 4 is 11.8 Å². The van der Waals surface area contributed by atoms with Crippen molar-refractivity contribution in [3.8, 4) is 0 Å². The first-order valence-corrected chi connectivity index (χ1v) is 10.8. The van der Waals surface area contributed by atoms with Crippen LogP contribution in [0.25, 0.3) is 0 Å². The standard InChI is InChI=1S/C23H34N2O2/c26-22(24-17-7-11-19-9-2-1-3-10-19)15-6-16-23(27)25-18-8-13-20-12-4-5-14-21(20)25/h1-3,9-10,20-21H,4-8,11-18H2,(H,24,26). The van der Waals surface area contributed by atoms with Gasteiger partial charge in [-0.25, -0.2) is 0 Å². The zero-order valence-corrected chi connectivity index (χ0v) is 16.5. The van der Waals surface area contributed by atoms with E-state index in [0.717, 1.165) is 31.7 Å². The second-order valence-electron chi connectivity index (χ2n) is 8.13. The Balaban J connectivity index is 1.29. The molecule has 2 aliphatic rings. The van der Waals surface area contributed by atoms with Crippen molar-refractivity contribution in [2.24, 2.45) is 5.92 Å². The zero-order valence-electron chi connectivity index (χ0n) is 16.5. The summed E-state index contributed by atoms with van der Waals surface area (Å²) in [7, 11) is 0. The van der Waals surface area contributed by atoms with Gasteiger partial charge in [-0.1, -0.05) is 43.2 Å². The Morgan fingerprint density at radius 1 is 0.963 bits per heavy atom. The first kappa shape index (κ1) is 19.9. The number of nitrogens with one attached hydrogen (secondary N) is 1. The number of carbonyl (C=O) groups excluding carboxylic acids is 2. The van der Waals surface area contributed by atoms with E-state index in [1.54, 1.807) is 0 Å². The van der Waals surface area contributed by atoms with E-state index in [-0.39, 0.29) is 11.8 Å². The molecule has 1 saturated carbocycles. The molecule has 1 aliphatic heterocycles. The maximum Gasteiger partial charge on any atom is 0.222 e. The molecule has 4 nitrogen and oxygen atoms in total. The molecule has 0 bridgehead atoms. The van der Waals surface area contributed by atoms with Crippen molar-refractivity contribution < 1.29 is 9.59 Å². The highest BCUT2D eigenvalue weighted by molar-refractivity contribution is 5.79. The van der Waals surface area contributed by atoms with E-state index in [1.165, 1.54) is 37.7 Å². The summed E-state index contributed by atoms with van der Waals surface area (Å²) in [6.07, 6.45) is 11.1. The van der Waals surface area contributed by atoms with Crippen LogP contribution in [0.3, 0.4) is 0 Å². The highest BCUT2D eigenvalue weighted by atomic mass is 16.2. The molecule has 1 N–H and O–H groups in total. The van der Waals surface area contributed by atoms with Gasteiger partial charge in [-0.05, 0) is 56.4 Å². The van der Waals surface area contributed by atoms with Gasteiger partial charge in [-0.3, -0.25) is 9.59 Å². The first-order valence-electron chi connectivity index (χ1n) is 10.8. The van der Waals surface area contributed by atoms with Gasteiger partial charge < -0.3 is 10.2 Å². The average Bonchev–Trinajstić information content (AvgIpc) is 2.71. The number of benzene rings is 1. The van der Waals surface area contributed by atoms with E-state index in [4.69, 9.17) is 0 Å². The van der Waals surface area contributed by atoms with E-state index >= 15 is 0 Å². The summed E-state index contributed by atoms with van der Waals surface area (Å²) >= 11 is 0. The van der Waals surface area contributed by atoms with Crippen molar-refractivity contribution in [1.29, 1.82) is 0 Å². The molecular weight excluding hydrogens is 336 g/mol. The average molecular weight is 371 g/mol. The summed E-state index contributed by atoms with van der Waals surface area (Å²) in [5.41, 5.74) is 1.31. The van der Waals surface area contributed by atoms with Crippen LogP contribution in [0.4, 0.5) is 0 Å². The van der Waals surface area contributed by atoms with Crippen LogP contribution in [-0.2, 0) is 16.0 Å². The number of hydrogen-bond acceptors (Lipinski definition) is 2. The molecule has 0 aromatic heterocycles. The van der Waals surface area contributed by atoms with Crippen molar-refractivity contribution in [3.63, 3.8) is 0 Å². The smallest absolute Gasteiger partial charge is 0.222 e. The third-order valence-electron chi connectivity index (χ3n) is 6.17. The molecule has 1 aromatic rings. The quantitative estimate of drug-likeness (QED) is 0.701. The number of piperidine rings is 1. The van der Waals surface area contributed by atoms with E-state index in [1.807, 2.05) is 18.2 Å². The van der Waals surface area contributed by atoms with Gasteiger partial charge in [0.05, 0.1) is 0 Å². The van der Waals surface area contributed by atoms with Gasteiger partial charge in [0, 0.05) is 32.0 Å². The van der Waals surface area contributed by atoms with Gasteiger partial charge in [0.15, 0.2) is 0 Å². The molecule has 2 fully saturated rings. The topological polar surface area (TPSA) is 49.4 Å². The number of amides is 2. The summed E-state index contributed by atoms with van der Waals surface area (Å²) in [6.45, 7) is 1.63. The molecule has 1 aliphatic carbocycles. The summed E-state index contributed by atoms with van der Waals surface area (Å²) < 4.78 is 0. The minimum absolute atomic E-state index is 0.0741. The van der Waals surface area contributed by atoms with Gasteiger partial charge in [0.2, 0.25) is 11.8 Å². The van der Waals surface area contributed by atoms with E-state index in [2.05, 4.69) is 22.3 Å². The predicted octanol–water partition coefficient (Wildman–Crippen LogP) is 4.09. The molecule has 1 aromatic carbocycles. The second-order valence-corrected chi connectivity index (χ2v) is 8.13. The lowest BCUT2D eigenvalue weighted by Gasteiger charge is -2.44. The largest absolute Gasteiger partial charge is 0.356 e. The van der Waals surface area contributed by atoms with Crippen molar-refractivity contribution in [1.82, 2.24) is 10.2 Å². The lowest BCUT2D eigenvalue weighted by atomic mass is 9.78. The zero-order chi connectivity index (χ0) is 18.9. The van der Waals surface area contributed by atoms with Crippen LogP contribution in [0.1, 0.15) is 69.8 Å². The second kappa shape index (κ2) is 10.5. The summed E-state index contributed by atoms with van der Waals surface area (Å²) in [4.78, 5) is 26.8. The fourth-order valence-electron chi connectivity index (χ4n) is 4.73. The molecule has 2 unspecified atom stereocenters. The predicted molar refractivity (Wildman–Crippen MR) is 108 cm³/mol. The molecule has 3 rings (SSSR count). The summed E-state index contributed by atoms with van der Waals surface area (Å²) in [6, 6.07) is 10.8. The molecule has 4 heteroatoms. The molecule has 0 radical (unpaired) electrons. The van der Waals surface area contributed by atoms with Crippen LogP contribution in [0.5, 0.6) is 0 Å². The number of carbonyl (C=O) groups is 2. The van der Waals surface area contributed by atoms with Gasteiger partial charge >= 0.3 is 0 Å². The Labute approximate surface area is 163 Å². The van der Waals surface area contributed by atoms with Gasteiger partial charge in [-0.15, -0.1) is 0 Å². The fourth-order valence-corrected chi connectivity index (χ4v) is 4.73. The third kappa shape index (κ3) is 6.08. The Bertz CT molecular complexity index is 600. The normalized spacial score (nSPS) is 22.1. The van der Waals surface area contributed by atoms with Crippen LogP contribution in [0, 0.1) is 5.92 Å². The Morgan fingerprint density at radius 3 is 2.59 bits per heavy atom. The molecule has 1 saturated heterocycles. The van der Waals surface area contributed by atoms with Crippen LogP contribution < -0.4 is 5.32 Å². The molecule has 0 spiro atoms. The molecule has 2 amide bonds. The van der Waals surface area contributed by atoms with Gasteiger partial charge in [0.25, 0.3) is 0 Å². The highest BCUT2D eigenvalue weighted by Gasteiger charge is 2.35. The monoisotopic (exact) mass is 370 g/mol. The molecule has 1 heterocycles. The van der Waals surface area contributed by atoms with Crippen LogP contribution in [0.2, 0.25) is 0 Å². The number of hydrogen-bond donors (Lipinski definition) is 1. The van der Waals surface area contributed by atoms with Crippen molar-refractivity contribution in [3.05, 3.63) is 35.9 Å². The highest BCUT2D eigenvalue weighted by Crippen LogP contribution is 2.35. The maximum absolute atomic E-state index is 12.6. The maximum atomic E-state index is 12.6. The van der Waals surface area contributed by atoms with Gasteiger partial charge in [0.1, 0.15) is 0 Å². The minimum Gasteiger partial charge on any atom is -0.356 e. The van der Waals surface area contributed by atoms with Crippen molar-refractivity contribution in [2.75, 3.05) is 13.1 Å². The van der Waals surface area contributed by atoms with E-state index < -0.39 is 0 Å². The third-order valence-corrected chi connectivity index (χ3v) is 6.17. The summed E-state index contributed by atoms with van der Waals surface area (Å²) in [5.74, 6) is 1.07. The first-order chi connectivity index (χ1) is 13.2. The van der Waals surface area contributed by atoms with Gasteiger partial charge in [-0.2, -0.15) is 0 Å². The number of aryl methyl sites for hydroxylation is 1. The van der Waals surface area contributed by atoms with Crippen molar-refractivity contribution in [2.45, 2.75) is 76.7 Å². The SMILES string of the molecule is O=C(CCCC(=O)N1CCCC2CCCCC21)NCCCc1ccccc1. The van der Waals surface area contributed by atoms with E-state index in [9.17, 15) is 9.59 Å². The Hall–Kier alpha value is -1.84. The molecule has 27 heavy (non-hydrogen) atoms. The fraction of sp³-hybridized carbons (Fsp3) is 0.652. The minimum atomic E-state index is 0.0741. The summed E-state index contributed by atoms with van der Waals surface area (Å²) in [5, 5.41) is 2.99. The van der Waals surface area contributed by atoms with Crippen LogP contribution >= 0.6 is 0 Å². The molecular formula is C23H34N2O2. The van der Waals surface area contributed by atoms with Crippen LogP contribution in [0.15, 0.2) is 30.3 Å². The number of fused-ring (bicyclic) bond motifs is 1. The van der Waals surface area contributed by atoms with Crippen LogP contribution in [-0.4, -0.2) is 35.8 Å². The number of nitrogens with zero attached hydrogens (tertiary/aromatic N) is 1. The number of rotatable bonds is 8. The lowest BCUT2D eigenvalue weighted by Crippen LogP contribution is -2.49. The lowest BCUT2D eigenvalue weighted by molar-refractivity contribution is -0.137. The van der Waals surface area contributed by atoms with E-state index in [0.29, 0.717) is 31.8 Å². The Morgan fingerprint density at radius 2 is 1.74 bits per heavy atom. The Kier molecular flexibility index (Phi) is 7.73.